The highest BCUT2D eigenvalue weighted by Crippen LogP contribution is 2.18. The molecule has 1 unspecified atom stereocenters. The summed E-state index contributed by atoms with van der Waals surface area (Å²) < 4.78 is 0. The molecule has 1 aromatic carbocycles. The number of benzene rings is 1. The second kappa shape index (κ2) is 7.42. The van der Waals surface area contributed by atoms with Crippen molar-refractivity contribution < 1.29 is 9.59 Å². The first kappa shape index (κ1) is 17.2. The number of para-hydroxylation sites is 1. The average molecular weight is 334 g/mol. The molecular formula is C17H20ClN3O2. The third-order valence-corrected chi connectivity index (χ3v) is 4.10. The quantitative estimate of drug-likeness (QED) is 0.933. The molecule has 1 N–H and O–H groups in total. The molecule has 0 radical (unpaired) electrons. The Bertz CT molecular complexity index is 715. The summed E-state index contributed by atoms with van der Waals surface area (Å²) in [5.74, 6) is -0.0713. The van der Waals surface area contributed by atoms with Gasteiger partial charge in [0.05, 0.1) is 11.9 Å². The Kier molecular flexibility index (Phi) is 5.55. The second-order valence-electron chi connectivity index (χ2n) is 5.47. The number of carbonyl (C=O) groups is 2. The van der Waals surface area contributed by atoms with Crippen molar-refractivity contribution in [2.24, 2.45) is 0 Å². The minimum absolute atomic E-state index is 0. The average Bonchev–Trinajstić information content (AvgIpc) is 2.55. The first-order chi connectivity index (χ1) is 10.7. The van der Waals surface area contributed by atoms with Crippen LogP contribution in [0.1, 0.15) is 18.9 Å². The number of piperazine rings is 1. The lowest BCUT2D eigenvalue weighted by Crippen LogP contribution is -2.57. The van der Waals surface area contributed by atoms with Crippen LogP contribution in [-0.4, -0.2) is 40.8 Å². The molecule has 1 saturated heterocycles. The summed E-state index contributed by atoms with van der Waals surface area (Å²) in [5, 5.41) is 3.84. The van der Waals surface area contributed by atoms with Gasteiger partial charge < -0.3 is 10.2 Å². The van der Waals surface area contributed by atoms with Crippen molar-refractivity contribution in [2.75, 3.05) is 13.1 Å². The van der Waals surface area contributed by atoms with E-state index in [0.717, 1.165) is 16.5 Å². The van der Waals surface area contributed by atoms with Gasteiger partial charge in [0.25, 0.3) is 0 Å². The zero-order valence-corrected chi connectivity index (χ0v) is 13.8. The Morgan fingerprint density at radius 2 is 2.13 bits per heavy atom. The molecule has 2 amide bonds. The lowest BCUT2D eigenvalue weighted by Gasteiger charge is -2.34. The number of rotatable bonds is 3. The number of amides is 2. The standard InChI is InChI=1S/C17H19N3O2.ClH/c1-2-14-17(22)19-9-10-20(14)15(21)11-13-6-3-5-12-7-4-8-18-16(12)13;/h3-8,14H,2,9-11H2,1H3,(H,19,22);1H. The lowest BCUT2D eigenvalue weighted by atomic mass is 10.0. The van der Waals surface area contributed by atoms with Crippen LogP contribution in [0.15, 0.2) is 36.5 Å². The van der Waals surface area contributed by atoms with Crippen LogP contribution in [0.25, 0.3) is 10.9 Å². The summed E-state index contributed by atoms with van der Waals surface area (Å²) in [6.45, 7) is 3.02. The third-order valence-electron chi connectivity index (χ3n) is 4.10. The van der Waals surface area contributed by atoms with E-state index in [1.807, 2.05) is 37.3 Å². The van der Waals surface area contributed by atoms with E-state index in [2.05, 4.69) is 10.3 Å². The van der Waals surface area contributed by atoms with Crippen molar-refractivity contribution in [3.8, 4) is 0 Å². The van der Waals surface area contributed by atoms with E-state index in [9.17, 15) is 9.59 Å². The summed E-state index contributed by atoms with van der Waals surface area (Å²) in [6, 6.07) is 9.37. The first-order valence-electron chi connectivity index (χ1n) is 7.60. The molecule has 122 valence electrons. The molecule has 0 aliphatic carbocycles. The highest BCUT2D eigenvalue weighted by atomic mass is 35.5. The van der Waals surface area contributed by atoms with Crippen molar-refractivity contribution in [1.82, 2.24) is 15.2 Å². The van der Waals surface area contributed by atoms with Gasteiger partial charge in [-0.3, -0.25) is 14.6 Å². The molecule has 1 atom stereocenters. The van der Waals surface area contributed by atoms with Crippen LogP contribution in [0.5, 0.6) is 0 Å². The molecule has 1 aliphatic heterocycles. The van der Waals surface area contributed by atoms with Crippen molar-refractivity contribution in [3.63, 3.8) is 0 Å². The molecule has 6 heteroatoms. The smallest absolute Gasteiger partial charge is 0.242 e. The predicted octanol–water partition coefficient (Wildman–Crippen LogP) is 1.94. The second-order valence-corrected chi connectivity index (χ2v) is 5.47. The molecule has 3 rings (SSSR count). The lowest BCUT2D eigenvalue weighted by molar-refractivity contribution is -0.142. The number of aromatic nitrogens is 1. The Morgan fingerprint density at radius 3 is 2.91 bits per heavy atom. The SMILES string of the molecule is CCC1C(=O)NCCN1C(=O)Cc1cccc2cccnc12.Cl. The fourth-order valence-electron chi connectivity index (χ4n) is 2.99. The minimum atomic E-state index is -0.357. The van der Waals surface area contributed by atoms with Crippen LogP contribution in [-0.2, 0) is 16.0 Å². The summed E-state index contributed by atoms with van der Waals surface area (Å²) in [4.78, 5) is 30.6. The van der Waals surface area contributed by atoms with E-state index in [-0.39, 0.29) is 36.7 Å². The van der Waals surface area contributed by atoms with E-state index in [1.54, 1.807) is 11.1 Å². The van der Waals surface area contributed by atoms with Crippen LogP contribution in [0.4, 0.5) is 0 Å². The zero-order chi connectivity index (χ0) is 15.5. The number of pyridine rings is 1. The monoisotopic (exact) mass is 333 g/mol. The maximum Gasteiger partial charge on any atom is 0.242 e. The molecule has 0 saturated carbocycles. The molecule has 0 bridgehead atoms. The van der Waals surface area contributed by atoms with Crippen molar-refractivity contribution in [3.05, 3.63) is 42.1 Å². The van der Waals surface area contributed by atoms with Gasteiger partial charge in [0, 0.05) is 24.7 Å². The van der Waals surface area contributed by atoms with E-state index < -0.39 is 0 Å². The summed E-state index contributed by atoms with van der Waals surface area (Å²) in [5.41, 5.74) is 1.76. The molecule has 2 heterocycles. The van der Waals surface area contributed by atoms with Crippen LogP contribution >= 0.6 is 12.4 Å². The number of nitrogens with one attached hydrogen (secondary N) is 1. The number of carbonyl (C=O) groups excluding carboxylic acids is 2. The van der Waals surface area contributed by atoms with Gasteiger partial charge >= 0.3 is 0 Å². The van der Waals surface area contributed by atoms with Gasteiger partial charge in [0.2, 0.25) is 11.8 Å². The fraction of sp³-hybridized carbons (Fsp3) is 0.353. The molecule has 5 nitrogen and oxygen atoms in total. The van der Waals surface area contributed by atoms with Crippen LogP contribution in [0.3, 0.4) is 0 Å². The summed E-state index contributed by atoms with van der Waals surface area (Å²) in [6.07, 6.45) is 2.64. The molecule has 2 aromatic rings. The predicted molar refractivity (Wildman–Crippen MR) is 91.5 cm³/mol. The van der Waals surface area contributed by atoms with Crippen molar-refractivity contribution >= 4 is 35.1 Å². The highest BCUT2D eigenvalue weighted by Gasteiger charge is 2.31. The normalized spacial score (nSPS) is 17.5. The first-order valence-corrected chi connectivity index (χ1v) is 7.60. The van der Waals surface area contributed by atoms with Crippen LogP contribution in [0, 0.1) is 0 Å². The number of fused-ring (bicyclic) bond motifs is 1. The zero-order valence-electron chi connectivity index (χ0n) is 13.0. The fourth-order valence-corrected chi connectivity index (χ4v) is 2.99. The molecule has 1 fully saturated rings. The summed E-state index contributed by atoms with van der Waals surface area (Å²) in [7, 11) is 0. The van der Waals surface area contributed by atoms with E-state index >= 15 is 0 Å². The molecule has 1 aromatic heterocycles. The maximum atomic E-state index is 12.6. The Labute approximate surface area is 141 Å². The van der Waals surface area contributed by atoms with Crippen LogP contribution in [0.2, 0.25) is 0 Å². The van der Waals surface area contributed by atoms with E-state index in [1.165, 1.54) is 0 Å². The van der Waals surface area contributed by atoms with E-state index in [4.69, 9.17) is 0 Å². The molecule has 0 spiro atoms. The Balaban J connectivity index is 0.00000192. The van der Waals surface area contributed by atoms with Crippen LogP contribution < -0.4 is 5.32 Å². The molecule has 23 heavy (non-hydrogen) atoms. The number of hydrogen-bond donors (Lipinski definition) is 1. The van der Waals surface area contributed by atoms with Gasteiger partial charge in [-0.15, -0.1) is 12.4 Å². The summed E-state index contributed by atoms with van der Waals surface area (Å²) >= 11 is 0. The maximum absolute atomic E-state index is 12.6. The van der Waals surface area contributed by atoms with Crippen molar-refractivity contribution in [1.29, 1.82) is 0 Å². The van der Waals surface area contributed by atoms with Gasteiger partial charge in [-0.25, -0.2) is 0 Å². The topological polar surface area (TPSA) is 62.3 Å². The number of halogens is 1. The van der Waals surface area contributed by atoms with Crippen molar-refractivity contribution in [2.45, 2.75) is 25.8 Å². The van der Waals surface area contributed by atoms with Gasteiger partial charge in [0.15, 0.2) is 0 Å². The largest absolute Gasteiger partial charge is 0.353 e. The molecular weight excluding hydrogens is 314 g/mol. The van der Waals surface area contributed by atoms with Gasteiger partial charge in [-0.2, -0.15) is 0 Å². The van der Waals surface area contributed by atoms with Gasteiger partial charge in [0.1, 0.15) is 6.04 Å². The number of nitrogens with zero attached hydrogens (tertiary/aromatic N) is 2. The Morgan fingerprint density at radius 1 is 1.35 bits per heavy atom. The molecule has 1 aliphatic rings. The third kappa shape index (κ3) is 3.45. The number of hydrogen-bond acceptors (Lipinski definition) is 3. The van der Waals surface area contributed by atoms with Gasteiger partial charge in [-0.1, -0.05) is 31.2 Å². The van der Waals surface area contributed by atoms with Gasteiger partial charge in [-0.05, 0) is 18.1 Å². The Hall–Kier alpha value is -2.14. The minimum Gasteiger partial charge on any atom is -0.353 e. The highest BCUT2D eigenvalue weighted by molar-refractivity contribution is 5.92. The van der Waals surface area contributed by atoms with E-state index in [0.29, 0.717) is 19.5 Å².